The summed E-state index contributed by atoms with van der Waals surface area (Å²) in [5.74, 6) is 0. The minimum absolute atomic E-state index is 0.150. The molecule has 4 saturated heterocycles. The molecule has 6 aliphatic heterocycles. The highest BCUT2D eigenvalue weighted by Crippen LogP contribution is 2.43. The van der Waals surface area contributed by atoms with Crippen LogP contribution in [0, 0.1) is 10.8 Å². The molecule has 1 N–H and O–H groups in total. The number of nitrogens with one attached hydrogen (secondary N) is 1. The normalized spacial score (nSPS) is 22.8. The first kappa shape index (κ1) is 38.5. The molecule has 4 fully saturated rings. The van der Waals surface area contributed by atoms with E-state index in [0.29, 0.717) is 10.8 Å². The highest BCUT2D eigenvalue weighted by molar-refractivity contribution is 5.68. The predicted molar refractivity (Wildman–Crippen MR) is 219 cm³/mol. The Morgan fingerprint density at radius 1 is 0.679 bits per heavy atom. The van der Waals surface area contributed by atoms with Gasteiger partial charge in [0.05, 0.1) is 0 Å². The van der Waals surface area contributed by atoms with Crippen molar-refractivity contribution in [3.05, 3.63) is 58.7 Å². The number of aryl methyl sites for hydroxylation is 2. The van der Waals surface area contributed by atoms with E-state index in [1.807, 2.05) is 25.7 Å². The summed E-state index contributed by atoms with van der Waals surface area (Å²) in [6.45, 7) is 26.2. The molecule has 2 spiro atoms. The van der Waals surface area contributed by atoms with Crippen molar-refractivity contribution in [1.29, 1.82) is 0 Å². The number of hydrogen-bond donors (Lipinski definition) is 1. The average molecular weight is 727 g/mol. The monoisotopic (exact) mass is 727 g/mol. The second kappa shape index (κ2) is 16.5. The van der Waals surface area contributed by atoms with E-state index >= 15 is 0 Å². The van der Waals surface area contributed by atoms with Gasteiger partial charge in [-0.05, 0) is 158 Å². The zero-order valence-corrected chi connectivity index (χ0v) is 34.0. The Balaban J connectivity index is 0.000000170. The zero-order valence-electron chi connectivity index (χ0n) is 34.0. The summed E-state index contributed by atoms with van der Waals surface area (Å²) < 4.78 is 5.57. The topological polar surface area (TPSA) is 54.5 Å². The van der Waals surface area contributed by atoms with E-state index in [4.69, 9.17) is 4.74 Å². The van der Waals surface area contributed by atoms with Gasteiger partial charge < -0.3 is 24.8 Å². The Morgan fingerprint density at radius 3 is 1.62 bits per heavy atom. The molecular formula is C45H70N6O2. The lowest BCUT2D eigenvalue weighted by Crippen LogP contribution is -2.46. The molecule has 6 aliphatic rings. The molecule has 0 aliphatic carbocycles. The Labute approximate surface area is 321 Å². The van der Waals surface area contributed by atoms with Crippen LogP contribution in [0.5, 0.6) is 0 Å². The molecule has 53 heavy (non-hydrogen) atoms. The fraction of sp³-hybridized carbons (Fsp3) is 0.711. The summed E-state index contributed by atoms with van der Waals surface area (Å²) in [6, 6.07) is 13.9. The zero-order chi connectivity index (χ0) is 37.1. The number of likely N-dealkylation sites (tertiary alicyclic amines) is 3. The number of nitrogens with zero attached hydrogens (tertiary/aromatic N) is 5. The summed E-state index contributed by atoms with van der Waals surface area (Å²) in [5, 5.41) is 3.53. The third kappa shape index (κ3) is 9.02. The fourth-order valence-electron chi connectivity index (χ4n) is 10.6. The number of ether oxygens (including phenoxy) is 1. The Bertz CT molecular complexity index is 1540. The van der Waals surface area contributed by atoms with Crippen molar-refractivity contribution in [3.8, 4) is 0 Å². The lowest BCUT2D eigenvalue weighted by molar-refractivity contribution is 0.0109. The van der Waals surface area contributed by atoms with Crippen LogP contribution in [0.15, 0.2) is 36.4 Å². The van der Waals surface area contributed by atoms with Crippen LogP contribution in [0.3, 0.4) is 0 Å². The molecule has 0 saturated carbocycles. The van der Waals surface area contributed by atoms with Crippen LogP contribution in [0.4, 0.5) is 16.2 Å². The van der Waals surface area contributed by atoms with E-state index in [-0.39, 0.29) is 6.09 Å². The number of para-hydroxylation sites is 2. The van der Waals surface area contributed by atoms with Gasteiger partial charge in [0.2, 0.25) is 0 Å². The molecular weight excluding hydrogens is 657 g/mol. The van der Waals surface area contributed by atoms with E-state index in [9.17, 15) is 4.79 Å². The number of carbonyl (C=O) groups is 1. The minimum atomic E-state index is -0.419. The van der Waals surface area contributed by atoms with Crippen molar-refractivity contribution in [2.75, 3.05) is 88.3 Å². The molecule has 8 rings (SSSR count). The van der Waals surface area contributed by atoms with Crippen molar-refractivity contribution < 1.29 is 9.53 Å². The molecule has 8 heteroatoms. The maximum atomic E-state index is 12.4. The van der Waals surface area contributed by atoms with Gasteiger partial charge in [-0.15, -0.1) is 0 Å². The van der Waals surface area contributed by atoms with Crippen LogP contribution in [-0.2, 0) is 30.7 Å². The van der Waals surface area contributed by atoms with Gasteiger partial charge in [0.1, 0.15) is 5.60 Å². The Morgan fingerprint density at radius 2 is 1.15 bits per heavy atom. The van der Waals surface area contributed by atoms with Gasteiger partial charge >= 0.3 is 6.09 Å². The number of piperidine rings is 2. The maximum Gasteiger partial charge on any atom is 0.410 e. The fourth-order valence-corrected chi connectivity index (χ4v) is 10.6. The lowest BCUT2D eigenvalue weighted by Gasteiger charge is -2.40. The van der Waals surface area contributed by atoms with Crippen molar-refractivity contribution in [1.82, 2.24) is 20.0 Å². The van der Waals surface area contributed by atoms with Gasteiger partial charge in [-0.3, -0.25) is 9.80 Å². The van der Waals surface area contributed by atoms with Crippen molar-refractivity contribution >= 4 is 17.5 Å². The van der Waals surface area contributed by atoms with E-state index in [2.05, 4.69) is 75.2 Å². The van der Waals surface area contributed by atoms with Gasteiger partial charge in [0.15, 0.2) is 0 Å². The minimum Gasteiger partial charge on any atom is -0.444 e. The molecule has 8 nitrogen and oxygen atoms in total. The van der Waals surface area contributed by atoms with Crippen LogP contribution in [0.1, 0.15) is 108 Å². The summed E-state index contributed by atoms with van der Waals surface area (Å²) >= 11 is 0. The van der Waals surface area contributed by atoms with E-state index in [1.54, 1.807) is 16.8 Å². The summed E-state index contributed by atoms with van der Waals surface area (Å²) in [5.41, 5.74) is 9.80. The highest BCUT2D eigenvalue weighted by Gasteiger charge is 2.42. The smallest absolute Gasteiger partial charge is 0.410 e. The first-order valence-electron chi connectivity index (χ1n) is 21.4. The Kier molecular flexibility index (Phi) is 12.0. The van der Waals surface area contributed by atoms with E-state index < -0.39 is 5.60 Å². The van der Waals surface area contributed by atoms with Crippen molar-refractivity contribution in [3.63, 3.8) is 0 Å². The number of hydrogen-bond acceptors (Lipinski definition) is 7. The SMILES string of the molecule is CCN1CCCc2cccc(CN3CCC4(CCN(C(=O)OC(C)(C)C)CC4)C3)c21.CCN1CCCc2cccc(CN3CCC4(CCNCC4)C3)c21. The quantitative estimate of drug-likeness (QED) is 0.327. The molecule has 1 amide bonds. The second-order valence-electron chi connectivity index (χ2n) is 18.4. The van der Waals surface area contributed by atoms with Crippen molar-refractivity contribution in [2.24, 2.45) is 10.8 Å². The standard InChI is InChI=1S/C25H39N3O2.C20H31N3/c1-5-27-14-7-10-20-8-6-9-21(22(20)27)18-26-15-11-25(19-26)12-16-28(17-13-25)23(29)30-24(2,3)4;1-2-23-13-4-7-17-5-3-6-18(19(17)23)15-22-14-10-20(16-22)8-11-21-12-9-20/h6,8-9H,5,7,10-19H2,1-4H3;3,5-6,21H,2,4,7-16H2,1H3. The van der Waals surface area contributed by atoms with Gasteiger partial charge in [-0.25, -0.2) is 4.79 Å². The highest BCUT2D eigenvalue weighted by atomic mass is 16.6. The molecule has 2 aromatic rings. The number of fused-ring (bicyclic) bond motifs is 2. The predicted octanol–water partition coefficient (Wildman–Crippen LogP) is 7.72. The first-order valence-corrected chi connectivity index (χ1v) is 21.4. The number of carbonyl (C=O) groups excluding carboxylic acids is 1. The first-order chi connectivity index (χ1) is 25.6. The van der Waals surface area contributed by atoms with Gasteiger partial charge in [-0.2, -0.15) is 0 Å². The molecule has 0 unspecified atom stereocenters. The molecule has 0 aromatic heterocycles. The van der Waals surface area contributed by atoms with Crippen LogP contribution in [0.25, 0.3) is 0 Å². The van der Waals surface area contributed by atoms with Gasteiger partial charge in [-0.1, -0.05) is 36.4 Å². The molecule has 0 bridgehead atoms. The number of amides is 1. The Hall–Kier alpha value is -2.81. The molecule has 2 aromatic carbocycles. The molecule has 6 heterocycles. The maximum absolute atomic E-state index is 12.4. The average Bonchev–Trinajstić information content (AvgIpc) is 3.73. The molecule has 0 atom stereocenters. The number of anilines is 2. The largest absolute Gasteiger partial charge is 0.444 e. The third-order valence-corrected chi connectivity index (χ3v) is 13.5. The summed E-state index contributed by atoms with van der Waals surface area (Å²) in [7, 11) is 0. The summed E-state index contributed by atoms with van der Waals surface area (Å²) in [6.07, 6.45) is 12.5. The molecule has 0 radical (unpaired) electrons. The van der Waals surface area contributed by atoms with Gasteiger partial charge in [0, 0.05) is 76.8 Å². The lowest BCUT2D eigenvalue weighted by atomic mass is 9.78. The second-order valence-corrected chi connectivity index (χ2v) is 18.4. The van der Waals surface area contributed by atoms with Crippen LogP contribution in [0.2, 0.25) is 0 Å². The van der Waals surface area contributed by atoms with Gasteiger partial charge in [0.25, 0.3) is 0 Å². The van der Waals surface area contributed by atoms with Crippen molar-refractivity contribution in [2.45, 2.75) is 118 Å². The summed E-state index contributed by atoms with van der Waals surface area (Å²) in [4.78, 5) is 24.9. The van der Waals surface area contributed by atoms with E-state index in [1.165, 1.54) is 114 Å². The van der Waals surface area contributed by atoms with E-state index in [0.717, 1.165) is 58.7 Å². The number of benzene rings is 2. The van der Waals surface area contributed by atoms with Crippen LogP contribution in [-0.4, -0.2) is 105 Å². The van der Waals surface area contributed by atoms with Crippen LogP contribution >= 0.6 is 0 Å². The molecule has 292 valence electrons. The third-order valence-electron chi connectivity index (χ3n) is 13.5. The number of rotatable bonds is 6. The van der Waals surface area contributed by atoms with Crippen LogP contribution < -0.4 is 15.1 Å².